The van der Waals surface area contributed by atoms with E-state index in [9.17, 15) is 18.3 Å². The van der Waals surface area contributed by atoms with E-state index in [1.807, 2.05) is 25.1 Å². The summed E-state index contributed by atoms with van der Waals surface area (Å²) in [6, 6.07) is 8.10. The van der Waals surface area contributed by atoms with Crippen LogP contribution in [0, 0.1) is 29.1 Å². The normalized spacial score (nSPS) is 34.9. The molecule has 5 atom stereocenters. The number of carbonyl (C=O) groups excluding carboxylic acids is 1. The number of carbonyl (C=O) groups is 1. The van der Waals surface area contributed by atoms with E-state index < -0.39 is 15.6 Å². The van der Waals surface area contributed by atoms with Gasteiger partial charge in [0.1, 0.15) is 5.60 Å². The second-order valence-electron chi connectivity index (χ2n) is 12.3. The molecule has 0 bridgehead atoms. The Morgan fingerprint density at radius 3 is 2.56 bits per heavy atom. The molecule has 0 spiro atoms. The first-order chi connectivity index (χ1) is 18.6. The summed E-state index contributed by atoms with van der Waals surface area (Å²) in [5.74, 6) is 7.26. The molecular formula is C32H39NO5S. The van der Waals surface area contributed by atoms with Crippen LogP contribution in [0.2, 0.25) is 0 Å². The van der Waals surface area contributed by atoms with Crippen LogP contribution in [0.3, 0.4) is 0 Å². The van der Waals surface area contributed by atoms with Gasteiger partial charge in [0.05, 0.1) is 19.0 Å². The van der Waals surface area contributed by atoms with Crippen LogP contribution >= 0.6 is 0 Å². The van der Waals surface area contributed by atoms with Crippen LogP contribution in [0.4, 0.5) is 0 Å². The predicted octanol–water partition coefficient (Wildman–Crippen LogP) is 4.50. The Morgan fingerprint density at radius 1 is 1.10 bits per heavy atom. The van der Waals surface area contributed by atoms with E-state index in [-0.39, 0.29) is 22.9 Å². The second kappa shape index (κ2) is 9.99. The topological polar surface area (TPSA) is 83.9 Å². The number of morpholine rings is 1. The number of sulfonamides is 1. The maximum absolute atomic E-state index is 13.0. The van der Waals surface area contributed by atoms with E-state index in [1.54, 1.807) is 0 Å². The van der Waals surface area contributed by atoms with Crippen LogP contribution < -0.4 is 0 Å². The van der Waals surface area contributed by atoms with Gasteiger partial charge in [0.2, 0.25) is 10.0 Å². The van der Waals surface area contributed by atoms with Crippen molar-refractivity contribution in [3.8, 4) is 11.8 Å². The Hall–Kier alpha value is -2.24. The maximum atomic E-state index is 13.0. The highest BCUT2D eigenvalue weighted by atomic mass is 32.2. The number of fused-ring (bicyclic) bond motifs is 4. The first kappa shape index (κ1) is 27.0. The SMILES string of the molecule is CC#C[C@]1(O)CC[C@H]2[C@@H]3CCC4=CC(=O)CCC4=C3[C@@H](c3ccc(CS(=O)(=O)N4CCOCC4)cc3)C[C@@]21C. The lowest BCUT2D eigenvalue weighted by molar-refractivity contribution is -0.114. The van der Waals surface area contributed by atoms with Crippen LogP contribution in [0.25, 0.3) is 0 Å². The van der Waals surface area contributed by atoms with Crippen molar-refractivity contribution in [2.24, 2.45) is 17.3 Å². The number of nitrogens with zero attached hydrogens (tertiary/aromatic N) is 1. The van der Waals surface area contributed by atoms with E-state index in [1.165, 1.54) is 21.0 Å². The molecule has 7 heteroatoms. The molecule has 0 unspecified atom stereocenters. The van der Waals surface area contributed by atoms with Crippen molar-refractivity contribution >= 4 is 15.8 Å². The molecule has 0 aromatic heterocycles. The lowest BCUT2D eigenvalue weighted by atomic mass is 9.51. The minimum Gasteiger partial charge on any atom is -0.379 e. The first-order valence-corrected chi connectivity index (χ1v) is 16.0. The third-order valence-corrected chi connectivity index (χ3v) is 12.2. The molecule has 1 aromatic carbocycles. The van der Waals surface area contributed by atoms with Crippen LogP contribution in [0.15, 0.2) is 47.1 Å². The predicted molar refractivity (Wildman–Crippen MR) is 150 cm³/mol. The highest BCUT2D eigenvalue weighted by molar-refractivity contribution is 7.88. The van der Waals surface area contributed by atoms with Gasteiger partial charge in [-0.1, -0.05) is 42.7 Å². The fourth-order valence-electron chi connectivity index (χ4n) is 8.35. The quantitative estimate of drug-likeness (QED) is 0.559. The number of ketones is 1. The number of allylic oxidation sites excluding steroid dienone is 4. The van der Waals surface area contributed by atoms with Crippen LogP contribution in [0.1, 0.15) is 75.8 Å². The van der Waals surface area contributed by atoms with E-state index in [0.717, 1.165) is 43.2 Å². The third kappa shape index (κ3) is 4.54. The minimum atomic E-state index is -3.40. The number of aliphatic hydroxyl groups is 1. The average molecular weight is 550 g/mol. The van der Waals surface area contributed by atoms with Crippen molar-refractivity contribution in [3.05, 3.63) is 58.2 Å². The van der Waals surface area contributed by atoms with E-state index in [0.29, 0.717) is 51.0 Å². The molecule has 1 saturated heterocycles. The number of hydrogen-bond donors (Lipinski definition) is 1. The molecule has 1 N–H and O–H groups in total. The summed E-state index contributed by atoms with van der Waals surface area (Å²) in [6.45, 7) is 5.74. The number of ether oxygens (including phenoxy) is 1. The largest absolute Gasteiger partial charge is 0.379 e. The summed E-state index contributed by atoms with van der Waals surface area (Å²) in [5, 5.41) is 11.8. The molecule has 208 valence electrons. The van der Waals surface area contributed by atoms with Gasteiger partial charge in [0.15, 0.2) is 5.78 Å². The summed E-state index contributed by atoms with van der Waals surface area (Å²) in [6.07, 6.45) is 7.61. The molecule has 3 fully saturated rings. The Bertz CT molecular complexity index is 1390. The van der Waals surface area contributed by atoms with Crippen molar-refractivity contribution in [2.45, 2.75) is 76.1 Å². The zero-order chi connectivity index (χ0) is 27.4. The van der Waals surface area contributed by atoms with E-state index >= 15 is 0 Å². The van der Waals surface area contributed by atoms with Crippen molar-refractivity contribution < 1.29 is 23.1 Å². The Kier molecular flexibility index (Phi) is 6.91. The molecule has 0 amide bonds. The van der Waals surface area contributed by atoms with Crippen molar-refractivity contribution in [2.75, 3.05) is 26.3 Å². The average Bonchev–Trinajstić information content (AvgIpc) is 3.18. The number of hydrogen-bond acceptors (Lipinski definition) is 5. The monoisotopic (exact) mass is 549 g/mol. The lowest BCUT2D eigenvalue weighted by Gasteiger charge is -2.53. The zero-order valence-corrected chi connectivity index (χ0v) is 23.9. The van der Waals surface area contributed by atoms with E-state index in [2.05, 4.69) is 30.9 Å². The molecule has 6 nitrogen and oxygen atoms in total. The molecule has 6 rings (SSSR count). The summed E-state index contributed by atoms with van der Waals surface area (Å²) in [7, 11) is -3.40. The van der Waals surface area contributed by atoms with Gasteiger partial charge < -0.3 is 9.84 Å². The lowest BCUT2D eigenvalue weighted by Crippen LogP contribution is -2.51. The van der Waals surface area contributed by atoms with Gasteiger partial charge in [0, 0.05) is 30.8 Å². The summed E-state index contributed by atoms with van der Waals surface area (Å²) >= 11 is 0. The molecule has 2 saturated carbocycles. The Balaban J connectivity index is 1.38. The van der Waals surface area contributed by atoms with Crippen molar-refractivity contribution in [1.82, 2.24) is 4.31 Å². The van der Waals surface area contributed by atoms with Gasteiger partial charge in [0.25, 0.3) is 0 Å². The van der Waals surface area contributed by atoms with Gasteiger partial charge >= 0.3 is 0 Å². The maximum Gasteiger partial charge on any atom is 0.218 e. The minimum absolute atomic E-state index is 0.0187. The Labute approximate surface area is 232 Å². The molecule has 0 radical (unpaired) electrons. The third-order valence-electron chi connectivity index (χ3n) is 10.3. The van der Waals surface area contributed by atoms with Crippen LogP contribution in [-0.2, 0) is 25.3 Å². The number of benzene rings is 1. The molecule has 1 heterocycles. The fourth-order valence-corrected chi connectivity index (χ4v) is 9.85. The standard InChI is InChI=1S/C32H39NO5S/c1-3-13-32(35)14-12-29-27-10-8-24-19-25(34)9-11-26(24)30(27)28(20-31(29,32)2)23-6-4-22(5-7-23)21-39(36,37)33-15-17-38-18-16-33/h4-7,19,27-29,35H,8-12,14-18,20-21H2,1-2H3/t27-,28+,29-,31-,32-/m0/s1. The Morgan fingerprint density at radius 2 is 1.85 bits per heavy atom. The molecular weight excluding hydrogens is 510 g/mol. The summed E-state index contributed by atoms with van der Waals surface area (Å²) in [5.41, 5.74) is 4.64. The zero-order valence-electron chi connectivity index (χ0n) is 23.0. The molecule has 1 aliphatic heterocycles. The second-order valence-corrected chi connectivity index (χ2v) is 14.2. The summed E-state index contributed by atoms with van der Waals surface area (Å²) in [4.78, 5) is 12.3. The van der Waals surface area contributed by atoms with Gasteiger partial charge in [-0.2, -0.15) is 4.31 Å². The highest BCUT2D eigenvalue weighted by Gasteiger charge is 2.62. The van der Waals surface area contributed by atoms with Crippen LogP contribution in [0.5, 0.6) is 0 Å². The highest BCUT2D eigenvalue weighted by Crippen LogP contribution is 2.66. The van der Waals surface area contributed by atoms with Gasteiger partial charge in [-0.3, -0.25) is 4.79 Å². The molecule has 5 aliphatic rings. The van der Waals surface area contributed by atoms with Crippen molar-refractivity contribution in [3.63, 3.8) is 0 Å². The first-order valence-electron chi connectivity index (χ1n) is 14.4. The fraction of sp³-hybridized carbons (Fsp3) is 0.594. The molecule has 39 heavy (non-hydrogen) atoms. The van der Waals surface area contributed by atoms with Gasteiger partial charge in [-0.15, -0.1) is 5.92 Å². The van der Waals surface area contributed by atoms with E-state index in [4.69, 9.17) is 4.74 Å². The van der Waals surface area contributed by atoms with Gasteiger partial charge in [-0.25, -0.2) is 8.42 Å². The molecule has 4 aliphatic carbocycles. The van der Waals surface area contributed by atoms with Crippen molar-refractivity contribution in [1.29, 1.82) is 0 Å². The summed E-state index contributed by atoms with van der Waals surface area (Å²) < 4.78 is 32.9. The smallest absolute Gasteiger partial charge is 0.218 e. The van der Waals surface area contributed by atoms with Crippen LogP contribution in [-0.4, -0.2) is 55.5 Å². The number of rotatable bonds is 4. The molecule has 1 aromatic rings. The van der Waals surface area contributed by atoms with Gasteiger partial charge in [-0.05, 0) is 85.6 Å².